The number of allylic oxidation sites excluding steroid dienone is 5. The smallest absolute Gasteiger partial charge is 0.0951 e. The van der Waals surface area contributed by atoms with Crippen LogP contribution in [0, 0.1) is 11.3 Å². The van der Waals surface area contributed by atoms with Gasteiger partial charge in [-0.25, -0.2) is 0 Å². The fraction of sp³-hybridized carbons (Fsp3) is 0.125. The average Bonchev–Trinajstić information content (AvgIpc) is 2.13. The molecule has 0 amide bonds. The van der Waals surface area contributed by atoms with E-state index in [1.54, 1.807) is 12.2 Å². The van der Waals surface area contributed by atoms with Crippen LogP contribution in [0.3, 0.4) is 0 Å². The van der Waals surface area contributed by atoms with E-state index in [-0.39, 0.29) is 0 Å². The highest BCUT2D eigenvalue weighted by Crippen LogP contribution is 2.08. The van der Waals surface area contributed by atoms with Gasteiger partial charge < -0.3 is 5.73 Å². The van der Waals surface area contributed by atoms with E-state index in [1.165, 1.54) is 0 Å². The Hall–Kier alpha value is -1.49. The van der Waals surface area contributed by atoms with Crippen molar-refractivity contribution >= 4 is 0 Å². The number of nitrogens with two attached hydrogens (primary N) is 1. The molecule has 0 atom stereocenters. The molecule has 0 aromatic carbocycles. The Morgan fingerprint density at radius 1 is 1.40 bits per heavy atom. The second-order valence-electron chi connectivity index (χ2n) is 2.11. The van der Waals surface area contributed by atoms with Crippen molar-refractivity contribution in [2.24, 2.45) is 5.73 Å². The Kier molecular flexibility index (Phi) is 1.91. The van der Waals surface area contributed by atoms with E-state index < -0.39 is 0 Å². The first kappa shape index (κ1) is 6.63. The summed E-state index contributed by atoms with van der Waals surface area (Å²) in [5.74, 6) is 0. The highest BCUT2D eigenvalue weighted by atomic mass is 14.6. The minimum absolute atomic E-state index is 0.573. The van der Waals surface area contributed by atoms with Crippen LogP contribution in [-0.4, -0.2) is 0 Å². The molecule has 2 N–H and O–H groups in total. The van der Waals surface area contributed by atoms with Crippen molar-refractivity contribution in [3.05, 3.63) is 35.6 Å². The zero-order valence-electron chi connectivity index (χ0n) is 5.54. The summed E-state index contributed by atoms with van der Waals surface area (Å²) in [6.07, 6.45) is 7.80. The Labute approximate surface area is 60.0 Å². The minimum Gasteiger partial charge on any atom is -0.402 e. The molecule has 0 saturated carbocycles. The monoisotopic (exact) mass is 132 g/mol. The van der Waals surface area contributed by atoms with Crippen LogP contribution in [-0.2, 0) is 0 Å². The van der Waals surface area contributed by atoms with E-state index in [2.05, 4.69) is 6.07 Å². The van der Waals surface area contributed by atoms with Gasteiger partial charge in [-0.2, -0.15) is 5.26 Å². The fourth-order valence-electron chi connectivity index (χ4n) is 0.765. The van der Waals surface area contributed by atoms with E-state index in [4.69, 9.17) is 11.0 Å². The molecule has 0 bridgehead atoms. The van der Waals surface area contributed by atoms with E-state index in [0.717, 1.165) is 5.70 Å². The number of hydrogen-bond acceptors (Lipinski definition) is 2. The molecular formula is C8H8N2. The molecular weight excluding hydrogens is 124 g/mol. The molecule has 0 saturated heterocycles. The number of hydrogen-bond donors (Lipinski definition) is 1. The molecule has 1 rings (SSSR count). The third-order valence-corrected chi connectivity index (χ3v) is 1.26. The summed E-state index contributed by atoms with van der Waals surface area (Å²) in [4.78, 5) is 0. The molecule has 1 aliphatic rings. The maximum atomic E-state index is 8.50. The first-order chi connectivity index (χ1) is 4.83. The zero-order valence-corrected chi connectivity index (χ0v) is 5.54. The van der Waals surface area contributed by atoms with Gasteiger partial charge in [-0.1, -0.05) is 12.2 Å². The molecule has 0 unspecified atom stereocenters. The third kappa shape index (κ3) is 1.49. The van der Waals surface area contributed by atoms with E-state index in [0.29, 0.717) is 12.0 Å². The summed E-state index contributed by atoms with van der Waals surface area (Å²) >= 11 is 0. The van der Waals surface area contributed by atoms with Crippen LogP contribution >= 0.6 is 0 Å². The largest absolute Gasteiger partial charge is 0.402 e. The second kappa shape index (κ2) is 2.88. The summed E-state index contributed by atoms with van der Waals surface area (Å²) in [6, 6.07) is 2.06. The summed E-state index contributed by atoms with van der Waals surface area (Å²) in [6.45, 7) is 0. The Morgan fingerprint density at radius 3 is 2.80 bits per heavy atom. The predicted molar refractivity (Wildman–Crippen MR) is 39.7 cm³/mol. The van der Waals surface area contributed by atoms with E-state index in [1.807, 2.05) is 12.2 Å². The lowest BCUT2D eigenvalue weighted by atomic mass is 10.2. The minimum atomic E-state index is 0.573. The molecule has 0 spiro atoms. The van der Waals surface area contributed by atoms with Gasteiger partial charge >= 0.3 is 0 Å². The number of nitrogens with zero attached hydrogens (tertiary/aromatic N) is 1. The molecule has 0 heterocycles. The van der Waals surface area contributed by atoms with Crippen molar-refractivity contribution in [1.82, 2.24) is 0 Å². The van der Waals surface area contributed by atoms with Crippen LogP contribution in [0.1, 0.15) is 6.42 Å². The lowest BCUT2D eigenvalue weighted by Gasteiger charge is -1.93. The van der Waals surface area contributed by atoms with Gasteiger partial charge in [0.25, 0.3) is 0 Å². The van der Waals surface area contributed by atoms with Gasteiger partial charge in [0.15, 0.2) is 0 Å². The predicted octanol–water partition coefficient (Wildman–Crippen LogP) is 1.24. The van der Waals surface area contributed by atoms with Crippen LogP contribution < -0.4 is 5.73 Å². The number of rotatable bonds is 0. The third-order valence-electron chi connectivity index (χ3n) is 1.26. The Balaban J connectivity index is 2.84. The molecule has 0 aromatic rings. The molecule has 1 aliphatic carbocycles. The van der Waals surface area contributed by atoms with Gasteiger partial charge in [0.05, 0.1) is 6.07 Å². The van der Waals surface area contributed by atoms with Crippen molar-refractivity contribution in [3.63, 3.8) is 0 Å². The fourth-order valence-corrected chi connectivity index (χ4v) is 0.765. The van der Waals surface area contributed by atoms with Crippen molar-refractivity contribution in [3.8, 4) is 6.07 Å². The first-order valence-electron chi connectivity index (χ1n) is 3.05. The van der Waals surface area contributed by atoms with Crippen molar-refractivity contribution in [2.45, 2.75) is 6.42 Å². The van der Waals surface area contributed by atoms with Gasteiger partial charge in [0, 0.05) is 17.7 Å². The van der Waals surface area contributed by atoms with E-state index >= 15 is 0 Å². The van der Waals surface area contributed by atoms with Crippen molar-refractivity contribution in [2.75, 3.05) is 0 Å². The summed E-state index contributed by atoms with van der Waals surface area (Å²) in [7, 11) is 0. The average molecular weight is 132 g/mol. The van der Waals surface area contributed by atoms with Crippen LogP contribution in [0.15, 0.2) is 35.6 Å². The van der Waals surface area contributed by atoms with Crippen molar-refractivity contribution in [1.29, 1.82) is 5.26 Å². The van der Waals surface area contributed by atoms with Crippen LogP contribution in [0.4, 0.5) is 0 Å². The molecule has 10 heavy (non-hydrogen) atoms. The van der Waals surface area contributed by atoms with Crippen LogP contribution in [0.2, 0.25) is 0 Å². The van der Waals surface area contributed by atoms with Crippen LogP contribution in [0.5, 0.6) is 0 Å². The highest BCUT2D eigenvalue weighted by Gasteiger charge is 1.97. The molecule has 0 aromatic heterocycles. The first-order valence-corrected chi connectivity index (χ1v) is 3.05. The summed E-state index contributed by atoms with van der Waals surface area (Å²) in [5.41, 5.74) is 6.97. The summed E-state index contributed by atoms with van der Waals surface area (Å²) < 4.78 is 0. The van der Waals surface area contributed by atoms with Crippen LogP contribution in [0.25, 0.3) is 0 Å². The van der Waals surface area contributed by atoms with Crippen molar-refractivity contribution < 1.29 is 0 Å². The highest BCUT2D eigenvalue weighted by molar-refractivity contribution is 5.34. The Morgan fingerprint density at radius 2 is 2.10 bits per heavy atom. The molecule has 0 radical (unpaired) electrons. The summed E-state index contributed by atoms with van der Waals surface area (Å²) in [5, 5.41) is 8.50. The van der Waals surface area contributed by atoms with E-state index in [9.17, 15) is 0 Å². The molecule has 2 nitrogen and oxygen atoms in total. The topological polar surface area (TPSA) is 49.8 Å². The lowest BCUT2D eigenvalue weighted by molar-refractivity contribution is 1.12. The molecule has 50 valence electrons. The second-order valence-corrected chi connectivity index (χ2v) is 2.11. The standard InChI is InChI=1S/C8H8N2/c9-6-7-3-1-2-4-8(10)5-7/h1-4H,5,10H2. The van der Waals surface area contributed by atoms with Gasteiger partial charge in [0.2, 0.25) is 0 Å². The number of nitriles is 1. The molecule has 2 heteroatoms. The quantitative estimate of drug-likeness (QED) is 0.539. The SMILES string of the molecule is N#CC1=CC=CC=C(N)C1. The normalized spacial score (nSPS) is 16.7. The maximum Gasteiger partial charge on any atom is 0.0951 e. The molecule has 0 fully saturated rings. The molecule has 0 aliphatic heterocycles. The lowest BCUT2D eigenvalue weighted by Crippen LogP contribution is -1.96. The maximum absolute atomic E-state index is 8.50. The van der Waals surface area contributed by atoms with Gasteiger partial charge in [-0.05, 0) is 12.2 Å². The zero-order chi connectivity index (χ0) is 7.40. The van der Waals surface area contributed by atoms with Gasteiger partial charge in [-0.15, -0.1) is 0 Å². The van der Waals surface area contributed by atoms with Gasteiger partial charge in [0.1, 0.15) is 0 Å². The van der Waals surface area contributed by atoms with Gasteiger partial charge in [-0.3, -0.25) is 0 Å². The Bertz CT molecular complexity index is 251.